The van der Waals surface area contributed by atoms with Gasteiger partial charge in [-0.05, 0) is 51.0 Å². The van der Waals surface area contributed by atoms with Crippen molar-refractivity contribution in [3.05, 3.63) is 23.8 Å². The van der Waals surface area contributed by atoms with Gasteiger partial charge in [0.1, 0.15) is 11.5 Å². The van der Waals surface area contributed by atoms with Crippen LogP contribution in [0.4, 0.5) is 5.69 Å². The van der Waals surface area contributed by atoms with E-state index in [1.54, 1.807) is 14.0 Å². The lowest BCUT2D eigenvalue weighted by atomic mass is 10.1. The van der Waals surface area contributed by atoms with Crippen LogP contribution in [0, 0.1) is 0 Å². The summed E-state index contributed by atoms with van der Waals surface area (Å²) in [6, 6.07) is 6.89. The zero-order valence-corrected chi connectivity index (χ0v) is 11.6. The molecular formula is C15H21NO2. The third-order valence-corrected chi connectivity index (χ3v) is 3.49. The largest absolute Gasteiger partial charge is 0.497 e. The Bertz CT molecular complexity index is 454. The summed E-state index contributed by atoms with van der Waals surface area (Å²) in [6.07, 6.45) is 1.56. The molecule has 0 bridgehead atoms. The zero-order valence-electron chi connectivity index (χ0n) is 11.6. The van der Waals surface area contributed by atoms with Gasteiger partial charge in [0.15, 0.2) is 0 Å². The molecule has 0 radical (unpaired) electrons. The molecule has 0 amide bonds. The van der Waals surface area contributed by atoms with Crippen LogP contribution in [0.15, 0.2) is 18.2 Å². The fourth-order valence-electron chi connectivity index (χ4n) is 2.86. The highest BCUT2D eigenvalue weighted by Crippen LogP contribution is 2.37. The van der Waals surface area contributed by atoms with Gasteiger partial charge in [-0.3, -0.25) is 4.79 Å². The number of anilines is 1. The number of rotatable bonds is 4. The lowest BCUT2D eigenvalue weighted by Crippen LogP contribution is -2.38. The average molecular weight is 247 g/mol. The van der Waals surface area contributed by atoms with Crippen molar-refractivity contribution in [1.82, 2.24) is 0 Å². The highest BCUT2D eigenvalue weighted by molar-refractivity contribution is 5.78. The number of hydrogen-bond acceptors (Lipinski definition) is 3. The maximum atomic E-state index is 11.4. The van der Waals surface area contributed by atoms with E-state index in [0.717, 1.165) is 12.2 Å². The quantitative estimate of drug-likeness (QED) is 0.819. The molecule has 0 aliphatic carbocycles. The van der Waals surface area contributed by atoms with Gasteiger partial charge in [0, 0.05) is 24.2 Å². The summed E-state index contributed by atoms with van der Waals surface area (Å²) in [7, 11) is 1.68. The van der Waals surface area contributed by atoms with E-state index in [9.17, 15) is 4.79 Å². The minimum Gasteiger partial charge on any atom is -0.497 e. The number of carbonyl (C=O) groups is 1. The van der Waals surface area contributed by atoms with Crippen LogP contribution in [-0.2, 0) is 11.2 Å². The second-order valence-corrected chi connectivity index (χ2v) is 5.26. The molecule has 1 aliphatic rings. The molecule has 0 spiro atoms. The molecule has 0 N–H and O–H groups in total. The van der Waals surface area contributed by atoms with Crippen LogP contribution in [0.1, 0.15) is 32.8 Å². The van der Waals surface area contributed by atoms with Gasteiger partial charge in [-0.25, -0.2) is 0 Å². The summed E-state index contributed by atoms with van der Waals surface area (Å²) >= 11 is 0. The number of ether oxygens (including phenoxy) is 1. The van der Waals surface area contributed by atoms with Crippen LogP contribution in [-0.4, -0.2) is 25.0 Å². The van der Waals surface area contributed by atoms with Gasteiger partial charge in [-0.15, -0.1) is 0 Å². The Labute approximate surface area is 109 Å². The van der Waals surface area contributed by atoms with Crippen molar-refractivity contribution < 1.29 is 9.53 Å². The molecule has 0 aromatic heterocycles. The first-order valence-corrected chi connectivity index (χ1v) is 6.47. The summed E-state index contributed by atoms with van der Waals surface area (Å²) in [5.74, 6) is 1.14. The van der Waals surface area contributed by atoms with Gasteiger partial charge < -0.3 is 9.64 Å². The van der Waals surface area contributed by atoms with Crippen molar-refractivity contribution in [1.29, 1.82) is 0 Å². The van der Waals surface area contributed by atoms with E-state index < -0.39 is 0 Å². The van der Waals surface area contributed by atoms with Crippen molar-refractivity contribution >= 4 is 11.5 Å². The van der Waals surface area contributed by atoms with Gasteiger partial charge in [-0.1, -0.05) is 0 Å². The first-order chi connectivity index (χ1) is 8.52. The molecule has 3 heteroatoms. The molecule has 0 fully saturated rings. The van der Waals surface area contributed by atoms with Gasteiger partial charge >= 0.3 is 0 Å². The number of fused-ring (bicyclic) bond motifs is 1. The van der Waals surface area contributed by atoms with Crippen LogP contribution in [0.2, 0.25) is 0 Å². The second kappa shape index (κ2) is 5.01. The molecule has 2 rings (SSSR count). The van der Waals surface area contributed by atoms with Crippen molar-refractivity contribution in [2.24, 2.45) is 0 Å². The molecule has 98 valence electrons. The molecule has 3 nitrogen and oxygen atoms in total. The maximum Gasteiger partial charge on any atom is 0.131 e. The Balaban J connectivity index is 2.33. The van der Waals surface area contributed by atoms with E-state index in [2.05, 4.69) is 30.9 Å². The number of methoxy groups -OCH3 is 1. The number of nitrogens with zero attached hydrogens (tertiary/aromatic N) is 1. The summed E-state index contributed by atoms with van der Waals surface area (Å²) < 4.78 is 5.27. The van der Waals surface area contributed by atoms with E-state index in [-0.39, 0.29) is 5.78 Å². The third-order valence-electron chi connectivity index (χ3n) is 3.49. The normalized spacial score (nSPS) is 18.1. The second-order valence-electron chi connectivity index (χ2n) is 5.26. The molecule has 1 heterocycles. The minimum atomic E-state index is 0.255. The van der Waals surface area contributed by atoms with E-state index in [1.165, 1.54) is 11.3 Å². The first kappa shape index (κ1) is 12.9. The predicted molar refractivity (Wildman–Crippen MR) is 73.4 cm³/mol. The van der Waals surface area contributed by atoms with Crippen LogP contribution in [0.25, 0.3) is 0 Å². The average Bonchev–Trinajstić information content (AvgIpc) is 2.64. The number of hydrogen-bond donors (Lipinski definition) is 0. The predicted octanol–water partition coefficient (Wildman–Crippen LogP) is 2.81. The van der Waals surface area contributed by atoms with Crippen LogP contribution in [0.3, 0.4) is 0 Å². The van der Waals surface area contributed by atoms with Crippen LogP contribution < -0.4 is 9.64 Å². The summed E-state index contributed by atoms with van der Waals surface area (Å²) in [4.78, 5) is 13.7. The smallest absolute Gasteiger partial charge is 0.131 e. The van der Waals surface area contributed by atoms with Gasteiger partial charge in [-0.2, -0.15) is 0 Å². The van der Waals surface area contributed by atoms with Crippen molar-refractivity contribution in [3.8, 4) is 5.75 Å². The molecule has 0 saturated carbocycles. The van der Waals surface area contributed by atoms with Gasteiger partial charge in [0.25, 0.3) is 0 Å². The Kier molecular flexibility index (Phi) is 3.60. The molecule has 1 aromatic carbocycles. The topological polar surface area (TPSA) is 29.5 Å². The number of Topliss-reactive ketones (excluding diaryl/α,β-unsaturated/α-hetero) is 1. The number of benzene rings is 1. The highest BCUT2D eigenvalue weighted by Gasteiger charge is 2.31. The van der Waals surface area contributed by atoms with Gasteiger partial charge in [0.2, 0.25) is 0 Å². The molecular weight excluding hydrogens is 226 g/mol. The van der Waals surface area contributed by atoms with Crippen molar-refractivity contribution in [3.63, 3.8) is 0 Å². The zero-order chi connectivity index (χ0) is 13.3. The number of carbonyl (C=O) groups excluding carboxylic acids is 1. The lowest BCUT2D eigenvalue weighted by Gasteiger charge is -2.31. The van der Waals surface area contributed by atoms with E-state index >= 15 is 0 Å². The standard InChI is InChI=1S/C15H21NO2/c1-10(2)16-13(7-11(3)17)8-12-9-14(18-4)5-6-15(12)16/h5-6,9-10,13H,7-8H2,1-4H3. The van der Waals surface area contributed by atoms with E-state index in [1.807, 2.05) is 6.07 Å². The molecule has 1 unspecified atom stereocenters. The first-order valence-electron chi connectivity index (χ1n) is 6.47. The molecule has 1 aliphatic heterocycles. The van der Waals surface area contributed by atoms with Crippen LogP contribution >= 0.6 is 0 Å². The lowest BCUT2D eigenvalue weighted by molar-refractivity contribution is -0.117. The molecule has 1 aromatic rings. The van der Waals surface area contributed by atoms with Gasteiger partial charge in [0.05, 0.1) is 7.11 Å². The van der Waals surface area contributed by atoms with E-state index in [0.29, 0.717) is 18.5 Å². The summed E-state index contributed by atoms with van der Waals surface area (Å²) in [5.41, 5.74) is 2.53. The SMILES string of the molecule is COc1ccc2c(c1)CC(CC(C)=O)N2C(C)C. The Hall–Kier alpha value is -1.51. The maximum absolute atomic E-state index is 11.4. The van der Waals surface area contributed by atoms with E-state index in [4.69, 9.17) is 4.74 Å². The Morgan fingerprint density at radius 2 is 2.22 bits per heavy atom. The molecule has 0 saturated heterocycles. The fraction of sp³-hybridized carbons (Fsp3) is 0.533. The molecule has 18 heavy (non-hydrogen) atoms. The highest BCUT2D eigenvalue weighted by atomic mass is 16.5. The molecule has 1 atom stereocenters. The third kappa shape index (κ3) is 2.35. The Morgan fingerprint density at radius 3 is 2.78 bits per heavy atom. The monoisotopic (exact) mass is 247 g/mol. The summed E-state index contributed by atoms with van der Waals surface area (Å²) in [6.45, 7) is 6.01. The van der Waals surface area contributed by atoms with Crippen molar-refractivity contribution in [2.45, 2.75) is 45.7 Å². The minimum absolute atomic E-state index is 0.255. The fourth-order valence-corrected chi connectivity index (χ4v) is 2.86. The number of ketones is 1. The summed E-state index contributed by atoms with van der Waals surface area (Å²) in [5, 5.41) is 0. The van der Waals surface area contributed by atoms with Crippen LogP contribution in [0.5, 0.6) is 5.75 Å². The van der Waals surface area contributed by atoms with Crippen molar-refractivity contribution in [2.75, 3.05) is 12.0 Å². The Morgan fingerprint density at radius 1 is 1.50 bits per heavy atom.